The van der Waals surface area contributed by atoms with Gasteiger partial charge in [-0.25, -0.2) is 8.42 Å². The van der Waals surface area contributed by atoms with Gasteiger partial charge in [0.25, 0.3) is 0 Å². The Bertz CT molecular complexity index is 1210. The van der Waals surface area contributed by atoms with Gasteiger partial charge in [0.05, 0.1) is 17.2 Å². The summed E-state index contributed by atoms with van der Waals surface area (Å²) in [5, 5.41) is 2.14. The molecule has 3 aromatic rings. The predicted octanol–water partition coefficient (Wildman–Crippen LogP) is 4.69. The van der Waals surface area contributed by atoms with Crippen LogP contribution >= 0.6 is 0 Å². The second kappa shape index (κ2) is 9.93. The molecule has 1 amide bonds. The maximum Gasteiger partial charge on any atom is 0.243 e. The quantitative estimate of drug-likeness (QED) is 0.507. The summed E-state index contributed by atoms with van der Waals surface area (Å²) in [5.41, 5.74) is 0.907. The zero-order valence-corrected chi connectivity index (χ0v) is 19.9. The van der Waals surface area contributed by atoms with Crippen molar-refractivity contribution in [3.8, 4) is 5.75 Å². The van der Waals surface area contributed by atoms with E-state index in [0.717, 1.165) is 16.5 Å². The first kappa shape index (κ1) is 23.3. The van der Waals surface area contributed by atoms with Gasteiger partial charge in [0, 0.05) is 30.9 Å². The minimum Gasteiger partial charge on any atom is -0.494 e. The molecule has 1 heterocycles. The Balaban J connectivity index is 1.47. The van der Waals surface area contributed by atoms with Crippen LogP contribution in [0, 0.1) is 5.92 Å². The van der Waals surface area contributed by atoms with Crippen molar-refractivity contribution in [2.75, 3.05) is 31.1 Å². The van der Waals surface area contributed by atoms with Crippen LogP contribution in [-0.4, -0.2) is 44.9 Å². The molecule has 0 aromatic heterocycles. The second-order valence-electron chi connectivity index (χ2n) is 8.16. The molecule has 0 unspecified atom stereocenters. The van der Waals surface area contributed by atoms with Crippen LogP contribution in [0.2, 0.25) is 0 Å². The normalized spacial score (nSPS) is 15.5. The van der Waals surface area contributed by atoms with E-state index >= 15 is 0 Å². The van der Waals surface area contributed by atoms with E-state index < -0.39 is 10.0 Å². The van der Waals surface area contributed by atoms with Gasteiger partial charge in [-0.3, -0.25) is 4.79 Å². The number of piperidine rings is 1. The highest BCUT2D eigenvalue weighted by molar-refractivity contribution is 7.89. The average Bonchev–Trinajstić information content (AvgIpc) is 2.85. The lowest BCUT2D eigenvalue weighted by Gasteiger charge is -2.33. The molecular formula is C26H30N2O4S. The first-order chi connectivity index (χ1) is 16.0. The standard InChI is InChI=1S/C26H30N2O4S/c1-3-28(25-11-7-9-20-8-5-6-10-24(20)25)26(29)21-16-18-27(19-17-21)33(30,31)23-14-12-22(13-15-23)32-4-2/h5-15,21H,3-4,16-19H2,1-2H3. The molecular weight excluding hydrogens is 436 g/mol. The van der Waals surface area contributed by atoms with Gasteiger partial charge in [0.2, 0.25) is 15.9 Å². The van der Waals surface area contributed by atoms with Gasteiger partial charge in [-0.1, -0.05) is 36.4 Å². The number of hydrogen-bond acceptors (Lipinski definition) is 4. The largest absolute Gasteiger partial charge is 0.494 e. The molecule has 0 spiro atoms. The van der Waals surface area contributed by atoms with Crippen molar-refractivity contribution in [2.45, 2.75) is 31.6 Å². The summed E-state index contributed by atoms with van der Waals surface area (Å²) in [6, 6.07) is 20.6. The first-order valence-electron chi connectivity index (χ1n) is 11.5. The number of ether oxygens (including phenoxy) is 1. The van der Waals surface area contributed by atoms with Gasteiger partial charge in [-0.15, -0.1) is 0 Å². The van der Waals surface area contributed by atoms with E-state index in [1.165, 1.54) is 4.31 Å². The SMILES string of the molecule is CCOc1ccc(S(=O)(=O)N2CCC(C(=O)N(CC)c3cccc4ccccc34)CC2)cc1. The Hall–Kier alpha value is -2.90. The third kappa shape index (κ3) is 4.75. The molecule has 1 aliphatic rings. The summed E-state index contributed by atoms with van der Waals surface area (Å²) in [6.07, 6.45) is 1.02. The molecule has 0 saturated carbocycles. The van der Waals surface area contributed by atoms with Crippen LogP contribution in [-0.2, 0) is 14.8 Å². The highest BCUT2D eigenvalue weighted by Gasteiger charge is 2.34. The van der Waals surface area contributed by atoms with Crippen LogP contribution in [0.15, 0.2) is 71.6 Å². The number of fused-ring (bicyclic) bond motifs is 1. The Kier molecular flexibility index (Phi) is 7.00. The van der Waals surface area contributed by atoms with Crippen molar-refractivity contribution in [1.82, 2.24) is 4.31 Å². The van der Waals surface area contributed by atoms with E-state index in [1.54, 1.807) is 24.3 Å². The molecule has 0 radical (unpaired) electrons. The van der Waals surface area contributed by atoms with Gasteiger partial charge in [-0.2, -0.15) is 4.31 Å². The average molecular weight is 467 g/mol. The number of sulfonamides is 1. The number of rotatable bonds is 7. The van der Waals surface area contributed by atoms with E-state index in [4.69, 9.17) is 4.74 Å². The first-order valence-corrected chi connectivity index (χ1v) is 12.9. The molecule has 174 valence electrons. The topological polar surface area (TPSA) is 66.9 Å². The number of carbonyl (C=O) groups is 1. The fraction of sp³-hybridized carbons (Fsp3) is 0.346. The molecule has 1 aliphatic heterocycles. The Labute approximate surface area is 195 Å². The fourth-order valence-electron chi connectivity index (χ4n) is 4.48. The second-order valence-corrected chi connectivity index (χ2v) is 10.1. The Morgan fingerprint density at radius 2 is 1.64 bits per heavy atom. The van der Waals surface area contributed by atoms with Crippen molar-refractivity contribution in [3.63, 3.8) is 0 Å². The minimum atomic E-state index is -3.60. The van der Waals surface area contributed by atoms with Gasteiger partial charge >= 0.3 is 0 Å². The smallest absolute Gasteiger partial charge is 0.243 e. The molecule has 1 saturated heterocycles. The number of hydrogen-bond donors (Lipinski definition) is 0. The molecule has 0 N–H and O–H groups in total. The molecule has 0 aliphatic carbocycles. The van der Waals surface area contributed by atoms with Gasteiger partial charge < -0.3 is 9.64 Å². The third-order valence-electron chi connectivity index (χ3n) is 6.22. The summed E-state index contributed by atoms with van der Waals surface area (Å²) >= 11 is 0. The zero-order chi connectivity index (χ0) is 23.4. The minimum absolute atomic E-state index is 0.0620. The summed E-state index contributed by atoms with van der Waals surface area (Å²) in [6.45, 7) is 5.62. The van der Waals surface area contributed by atoms with Crippen molar-refractivity contribution in [2.24, 2.45) is 5.92 Å². The lowest BCUT2D eigenvalue weighted by Crippen LogP contribution is -2.44. The molecule has 0 atom stereocenters. The van der Waals surface area contributed by atoms with E-state index in [-0.39, 0.29) is 16.7 Å². The van der Waals surface area contributed by atoms with Crippen LogP contribution in [0.1, 0.15) is 26.7 Å². The lowest BCUT2D eigenvalue weighted by atomic mass is 9.95. The fourth-order valence-corrected chi connectivity index (χ4v) is 5.95. The van der Waals surface area contributed by atoms with Crippen LogP contribution in [0.25, 0.3) is 10.8 Å². The van der Waals surface area contributed by atoms with E-state index in [1.807, 2.05) is 61.2 Å². The molecule has 3 aromatic carbocycles. The maximum absolute atomic E-state index is 13.4. The number of amides is 1. The lowest BCUT2D eigenvalue weighted by molar-refractivity contribution is -0.123. The monoisotopic (exact) mass is 466 g/mol. The zero-order valence-electron chi connectivity index (χ0n) is 19.1. The predicted molar refractivity (Wildman–Crippen MR) is 131 cm³/mol. The Morgan fingerprint density at radius 3 is 2.30 bits per heavy atom. The van der Waals surface area contributed by atoms with Crippen LogP contribution in [0.4, 0.5) is 5.69 Å². The molecule has 33 heavy (non-hydrogen) atoms. The third-order valence-corrected chi connectivity index (χ3v) is 8.13. The van der Waals surface area contributed by atoms with Crippen molar-refractivity contribution in [1.29, 1.82) is 0 Å². The van der Waals surface area contributed by atoms with Crippen molar-refractivity contribution in [3.05, 3.63) is 66.7 Å². The number of anilines is 1. The van der Waals surface area contributed by atoms with Gasteiger partial charge in [0.15, 0.2) is 0 Å². The van der Waals surface area contributed by atoms with Crippen LogP contribution in [0.3, 0.4) is 0 Å². The molecule has 7 heteroatoms. The highest BCUT2D eigenvalue weighted by atomic mass is 32.2. The van der Waals surface area contributed by atoms with E-state index in [2.05, 4.69) is 0 Å². The Morgan fingerprint density at radius 1 is 0.970 bits per heavy atom. The number of benzene rings is 3. The molecule has 6 nitrogen and oxygen atoms in total. The van der Waals surface area contributed by atoms with Crippen LogP contribution in [0.5, 0.6) is 5.75 Å². The summed E-state index contributed by atoms with van der Waals surface area (Å²) in [7, 11) is -3.60. The van der Waals surface area contributed by atoms with Gasteiger partial charge in [-0.05, 0) is 62.4 Å². The number of nitrogens with zero attached hydrogens (tertiary/aromatic N) is 2. The van der Waals surface area contributed by atoms with E-state index in [9.17, 15) is 13.2 Å². The van der Waals surface area contributed by atoms with Crippen molar-refractivity contribution < 1.29 is 17.9 Å². The van der Waals surface area contributed by atoms with E-state index in [0.29, 0.717) is 44.8 Å². The highest BCUT2D eigenvalue weighted by Crippen LogP contribution is 2.31. The van der Waals surface area contributed by atoms with Crippen molar-refractivity contribution >= 4 is 32.4 Å². The summed E-state index contributed by atoms with van der Waals surface area (Å²) < 4.78 is 33.1. The number of carbonyl (C=O) groups excluding carboxylic acids is 1. The molecule has 0 bridgehead atoms. The molecule has 4 rings (SSSR count). The maximum atomic E-state index is 13.4. The summed E-state index contributed by atoms with van der Waals surface area (Å²) in [5.74, 6) is 0.511. The van der Waals surface area contributed by atoms with Gasteiger partial charge in [0.1, 0.15) is 5.75 Å². The summed E-state index contributed by atoms with van der Waals surface area (Å²) in [4.78, 5) is 15.5. The molecule has 1 fully saturated rings. The van der Waals surface area contributed by atoms with Crippen LogP contribution < -0.4 is 9.64 Å².